The molecule has 2 aromatic rings. The van der Waals surface area contributed by atoms with Gasteiger partial charge in [-0.2, -0.15) is 0 Å². The first kappa shape index (κ1) is 23.8. The van der Waals surface area contributed by atoms with Crippen LogP contribution in [0.2, 0.25) is 0 Å². The number of anilines is 1. The summed E-state index contributed by atoms with van der Waals surface area (Å²) in [7, 11) is -3.82. The van der Waals surface area contributed by atoms with Gasteiger partial charge in [0.15, 0.2) is 0 Å². The second-order valence-corrected chi connectivity index (χ2v) is 10.3. The molecule has 1 aliphatic heterocycles. The highest BCUT2D eigenvalue weighted by Gasteiger charge is 2.25. The topological polar surface area (TPSA) is 86.8 Å². The predicted octanol–water partition coefficient (Wildman–Crippen LogP) is 3.52. The van der Waals surface area contributed by atoms with Crippen LogP contribution in [0, 0.1) is 12.8 Å². The maximum Gasteiger partial charge on any atom is 0.261 e. The number of aryl methyl sites for hydroxylation is 1. The van der Waals surface area contributed by atoms with Crippen LogP contribution in [0.25, 0.3) is 0 Å². The van der Waals surface area contributed by atoms with Crippen molar-refractivity contribution in [2.75, 3.05) is 30.9 Å². The second kappa shape index (κ2) is 10.2. The Hall–Kier alpha value is -2.87. The van der Waals surface area contributed by atoms with Crippen LogP contribution in [0.3, 0.4) is 0 Å². The maximum absolute atomic E-state index is 13.0. The van der Waals surface area contributed by atoms with Gasteiger partial charge in [0.2, 0.25) is 5.91 Å². The van der Waals surface area contributed by atoms with E-state index >= 15 is 0 Å². The molecule has 1 heterocycles. The van der Waals surface area contributed by atoms with Gasteiger partial charge in [0, 0.05) is 43.9 Å². The van der Waals surface area contributed by atoms with Crippen molar-refractivity contribution in [2.24, 2.45) is 5.92 Å². The molecule has 0 bridgehead atoms. The Bertz CT molecular complexity index is 1060. The summed E-state index contributed by atoms with van der Waals surface area (Å²) in [6, 6.07) is 13.1. The monoisotopic (exact) mass is 457 g/mol. The van der Waals surface area contributed by atoms with E-state index in [9.17, 15) is 18.0 Å². The van der Waals surface area contributed by atoms with Gasteiger partial charge in [-0.15, -0.1) is 0 Å². The first-order valence-electron chi connectivity index (χ1n) is 10.9. The highest BCUT2D eigenvalue weighted by Crippen LogP contribution is 2.19. The number of benzene rings is 2. The van der Waals surface area contributed by atoms with Gasteiger partial charge in [-0.3, -0.25) is 14.3 Å². The van der Waals surface area contributed by atoms with Crippen LogP contribution < -0.4 is 4.72 Å². The second-order valence-electron chi connectivity index (χ2n) is 8.60. The number of carbonyl (C=O) groups excluding carboxylic acids is 2. The molecule has 0 aromatic heterocycles. The third-order valence-electron chi connectivity index (χ3n) is 5.55. The summed E-state index contributed by atoms with van der Waals surface area (Å²) >= 11 is 0. The van der Waals surface area contributed by atoms with Crippen molar-refractivity contribution in [3.05, 3.63) is 59.7 Å². The van der Waals surface area contributed by atoms with E-state index in [0.717, 1.165) is 12.0 Å². The summed E-state index contributed by atoms with van der Waals surface area (Å²) in [6.07, 6.45) is 1.38. The summed E-state index contributed by atoms with van der Waals surface area (Å²) in [5.41, 5.74) is 1.81. The highest BCUT2D eigenvalue weighted by atomic mass is 32.2. The molecule has 1 N–H and O–H groups in total. The summed E-state index contributed by atoms with van der Waals surface area (Å²) in [5.74, 6) is 0.374. The maximum atomic E-state index is 13.0. The molecule has 172 valence electrons. The molecule has 7 nitrogen and oxygen atoms in total. The van der Waals surface area contributed by atoms with Gasteiger partial charge in [0.1, 0.15) is 0 Å². The molecule has 0 saturated carbocycles. The fourth-order valence-electron chi connectivity index (χ4n) is 3.54. The summed E-state index contributed by atoms with van der Waals surface area (Å²) in [5, 5.41) is 0. The molecule has 2 aromatic carbocycles. The largest absolute Gasteiger partial charge is 0.339 e. The van der Waals surface area contributed by atoms with Crippen LogP contribution in [0.5, 0.6) is 0 Å². The number of rotatable bonds is 7. The number of hydrogen-bond acceptors (Lipinski definition) is 4. The molecule has 8 heteroatoms. The van der Waals surface area contributed by atoms with Gasteiger partial charge in [-0.1, -0.05) is 37.6 Å². The lowest BCUT2D eigenvalue weighted by Crippen LogP contribution is -2.50. The van der Waals surface area contributed by atoms with E-state index in [1.807, 2.05) is 19.1 Å². The van der Waals surface area contributed by atoms with Crippen LogP contribution >= 0.6 is 0 Å². The SMILES string of the molecule is Cc1ccc(NS(=O)(=O)c2cccc(C(=O)N3CCN(C(=O)CCC(C)C)CC3)c2)cc1. The van der Waals surface area contributed by atoms with E-state index in [1.54, 1.807) is 34.1 Å². The predicted molar refractivity (Wildman–Crippen MR) is 125 cm³/mol. The molecule has 32 heavy (non-hydrogen) atoms. The molecule has 0 spiro atoms. The number of nitrogens with zero attached hydrogens (tertiary/aromatic N) is 2. The summed E-state index contributed by atoms with van der Waals surface area (Å²) < 4.78 is 28.1. The van der Waals surface area contributed by atoms with E-state index in [2.05, 4.69) is 18.6 Å². The first-order valence-corrected chi connectivity index (χ1v) is 12.4. The minimum Gasteiger partial charge on any atom is -0.339 e. The molecule has 3 rings (SSSR count). The van der Waals surface area contributed by atoms with Crippen molar-refractivity contribution in [3.63, 3.8) is 0 Å². The standard InChI is InChI=1S/C24H31N3O4S/c1-18(2)7-12-23(28)26-13-15-27(16-14-26)24(29)20-5-4-6-22(17-20)32(30,31)25-21-10-8-19(3)9-11-21/h4-6,8-11,17-18,25H,7,12-16H2,1-3H3. The Kier molecular flexibility index (Phi) is 7.56. The summed E-state index contributed by atoms with van der Waals surface area (Å²) in [4.78, 5) is 28.8. The van der Waals surface area contributed by atoms with Crippen molar-refractivity contribution in [1.29, 1.82) is 0 Å². The van der Waals surface area contributed by atoms with Crippen molar-refractivity contribution >= 4 is 27.5 Å². The van der Waals surface area contributed by atoms with Gasteiger partial charge in [-0.05, 0) is 49.6 Å². The van der Waals surface area contributed by atoms with Crippen molar-refractivity contribution in [1.82, 2.24) is 9.80 Å². The lowest BCUT2D eigenvalue weighted by molar-refractivity contribution is -0.132. The molecule has 0 atom stereocenters. The van der Waals surface area contributed by atoms with E-state index in [0.29, 0.717) is 49.8 Å². The Labute approximate surface area is 190 Å². The highest BCUT2D eigenvalue weighted by molar-refractivity contribution is 7.92. The zero-order chi connectivity index (χ0) is 23.3. The molecule has 1 aliphatic rings. The Morgan fingerprint density at radius 2 is 1.59 bits per heavy atom. The van der Waals surface area contributed by atoms with E-state index in [1.165, 1.54) is 12.1 Å². The number of amides is 2. The summed E-state index contributed by atoms with van der Waals surface area (Å²) in [6.45, 7) is 7.97. The number of carbonyl (C=O) groups is 2. The third-order valence-corrected chi connectivity index (χ3v) is 6.93. The fraction of sp³-hybridized carbons (Fsp3) is 0.417. The van der Waals surface area contributed by atoms with Gasteiger partial charge in [0.05, 0.1) is 4.90 Å². The van der Waals surface area contributed by atoms with Crippen LogP contribution in [0.15, 0.2) is 53.4 Å². The van der Waals surface area contributed by atoms with Crippen LogP contribution in [0.1, 0.15) is 42.6 Å². The van der Waals surface area contributed by atoms with Crippen molar-refractivity contribution in [3.8, 4) is 0 Å². The van der Waals surface area contributed by atoms with E-state index < -0.39 is 10.0 Å². The molecule has 1 fully saturated rings. The average Bonchev–Trinajstić information content (AvgIpc) is 2.78. The normalized spacial score (nSPS) is 14.5. The van der Waals surface area contributed by atoms with E-state index in [-0.39, 0.29) is 16.7 Å². The number of hydrogen-bond donors (Lipinski definition) is 1. The quantitative estimate of drug-likeness (QED) is 0.689. The lowest BCUT2D eigenvalue weighted by atomic mass is 10.1. The van der Waals surface area contributed by atoms with Gasteiger partial charge >= 0.3 is 0 Å². The Balaban J connectivity index is 1.64. The Morgan fingerprint density at radius 3 is 2.22 bits per heavy atom. The lowest BCUT2D eigenvalue weighted by Gasteiger charge is -2.35. The van der Waals surface area contributed by atoms with Crippen molar-refractivity contribution < 1.29 is 18.0 Å². The number of piperazine rings is 1. The molecule has 0 aliphatic carbocycles. The minimum atomic E-state index is -3.82. The van der Waals surface area contributed by atoms with Crippen molar-refractivity contribution in [2.45, 2.75) is 38.5 Å². The van der Waals surface area contributed by atoms with Crippen LogP contribution in [-0.4, -0.2) is 56.2 Å². The average molecular weight is 458 g/mol. The minimum absolute atomic E-state index is 0.0337. The zero-order valence-electron chi connectivity index (χ0n) is 18.9. The van der Waals surface area contributed by atoms with Gasteiger partial charge < -0.3 is 9.80 Å². The fourth-order valence-corrected chi connectivity index (χ4v) is 4.65. The van der Waals surface area contributed by atoms with Gasteiger partial charge in [-0.25, -0.2) is 8.42 Å². The van der Waals surface area contributed by atoms with Crippen LogP contribution in [-0.2, 0) is 14.8 Å². The third kappa shape index (κ3) is 6.09. The molecule has 1 saturated heterocycles. The Morgan fingerprint density at radius 1 is 0.969 bits per heavy atom. The molecular weight excluding hydrogens is 426 g/mol. The molecule has 0 unspecified atom stereocenters. The van der Waals surface area contributed by atoms with Crippen LogP contribution in [0.4, 0.5) is 5.69 Å². The zero-order valence-corrected chi connectivity index (χ0v) is 19.7. The van der Waals surface area contributed by atoms with E-state index in [4.69, 9.17) is 0 Å². The number of nitrogens with one attached hydrogen (secondary N) is 1. The van der Waals surface area contributed by atoms with Gasteiger partial charge in [0.25, 0.3) is 15.9 Å². The molecule has 2 amide bonds. The molecule has 0 radical (unpaired) electrons. The smallest absolute Gasteiger partial charge is 0.261 e. The first-order chi connectivity index (χ1) is 15.2. The molecular formula is C24H31N3O4S. The number of sulfonamides is 1.